The Hall–Kier alpha value is -1.75. The highest BCUT2D eigenvalue weighted by Gasteiger charge is 2.27. The first-order valence-electron chi connectivity index (χ1n) is 9.36. The van der Waals surface area contributed by atoms with E-state index in [0.717, 1.165) is 73.9 Å². The molecule has 0 unspecified atom stereocenters. The van der Waals surface area contributed by atoms with Crippen LogP contribution in [-0.4, -0.2) is 45.0 Å². The van der Waals surface area contributed by atoms with Gasteiger partial charge in [-0.2, -0.15) is 11.8 Å². The second-order valence-electron chi connectivity index (χ2n) is 6.82. The van der Waals surface area contributed by atoms with Gasteiger partial charge in [0, 0.05) is 31.0 Å². The predicted molar refractivity (Wildman–Crippen MR) is 103 cm³/mol. The lowest BCUT2D eigenvalue weighted by molar-refractivity contribution is 0.0762. The van der Waals surface area contributed by atoms with Crippen LogP contribution in [0.4, 0.5) is 0 Å². The number of fused-ring (bicyclic) bond motifs is 1. The van der Waals surface area contributed by atoms with Crippen molar-refractivity contribution in [3.63, 3.8) is 0 Å². The van der Waals surface area contributed by atoms with Gasteiger partial charge in [-0.05, 0) is 31.4 Å². The van der Waals surface area contributed by atoms with Gasteiger partial charge in [-0.15, -0.1) is 0 Å². The summed E-state index contributed by atoms with van der Waals surface area (Å²) in [4.78, 5) is 20.1. The molecule has 1 fully saturated rings. The quantitative estimate of drug-likeness (QED) is 0.821. The molecule has 25 heavy (non-hydrogen) atoms. The summed E-state index contributed by atoms with van der Waals surface area (Å²) in [6, 6.07) is 10.3. The number of rotatable bonds is 2. The number of amides is 1. The first-order chi connectivity index (χ1) is 12.3. The number of thioether (sulfide) groups is 1. The van der Waals surface area contributed by atoms with Crippen LogP contribution in [0, 0.1) is 0 Å². The number of nitrogens with zero attached hydrogens (tertiary/aromatic N) is 3. The van der Waals surface area contributed by atoms with Crippen LogP contribution in [0.25, 0.3) is 11.4 Å². The minimum absolute atomic E-state index is 0.135. The van der Waals surface area contributed by atoms with E-state index >= 15 is 0 Å². The van der Waals surface area contributed by atoms with E-state index in [0.29, 0.717) is 5.69 Å². The number of hydrogen-bond donors (Lipinski definition) is 0. The molecule has 3 heterocycles. The third-order valence-electron chi connectivity index (χ3n) is 5.11. The fourth-order valence-electron chi connectivity index (χ4n) is 3.80. The number of aromatic nitrogens is 2. The molecule has 0 bridgehead atoms. The number of carbonyl (C=O) groups is 1. The Morgan fingerprint density at radius 2 is 1.84 bits per heavy atom. The van der Waals surface area contributed by atoms with Crippen LogP contribution in [0.2, 0.25) is 0 Å². The fraction of sp³-hybridized carbons (Fsp3) is 0.500. The molecule has 132 valence electrons. The molecule has 1 amide bonds. The lowest BCUT2D eigenvalue weighted by atomic mass is 10.1. The maximum absolute atomic E-state index is 13.2. The smallest absolute Gasteiger partial charge is 0.274 e. The van der Waals surface area contributed by atoms with Gasteiger partial charge in [0.25, 0.3) is 5.91 Å². The van der Waals surface area contributed by atoms with Crippen LogP contribution in [0.5, 0.6) is 0 Å². The van der Waals surface area contributed by atoms with Gasteiger partial charge in [-0.1, -0.05) is 36.8 Å². The predicted octanol–water partition coefficient (Wildman–Crippen LogP) is 3.86. The molecule has 5 heteroatoms. The minimum Gasteiger partial charge on any atom is -0.336 e. The zero-order valence-corrected chi connectivity index (χ0v) is 15.4. The zero-order chi connectivity index (χ0) is 17.1. The van der Waals surface area contributed by atoms with E-state index < -0.39 is 0 Å². The summed E-state index contributed by atoms with van der Waals surface area (Å²) >= 11 is 1.95. The van der Waals surface area contributed by atoms with Crippen molar-refractivity contribution < 1.29 is 4.79 Å². The normalized spacial score (nSPS) is 18.3. The van der Waals surface area contributed by atoms with Crippen molar-refractivity contribution >= 4 is 17.7 Å². The second-order valence-corrected chi connectivity index (χ2v) is 8.04. The Kier molecular flexibility index (Phi) is 5.11. The second kappa shape index (κ2) is 7.65. The van der Waals surface area contributed by atoms with Gasteiger partial charge in [0.15, 0.2) is 0 Å². The van der Waals surface area contributed by atoms with Crippen molar-refractivity contribution in [2.24, 2.45) is 0 Å². The van der Waals surface area contributed by atoms with Gasteiger partial charge >= 0.3 is 0 Å². The Labute approximate surface area is 153 Å². The van der Waals surface area contributed by atoms with E-state index in [4.69, 9.17) is 4.98 Å². The SMILES string of the molecule is O=C(c1nc(-c2ccccc2)n2c1CCCCC2)N1CCCSCC1. The topological polar surface area (TPSA) is 38.1 Å². The van der Waals surface area contributed by atoms with Crippen molar-refractivity contribution in [2.45, 2.75) is 38.6 Å². The highest BCUT2D eigenvalue weighted by atomic mass is 32.2. The molecule has 2 aliphatic heterocycles. The summed E-state index contributed by atoms with van der Waals surface area (Å²) in [5, 5.41) is 0. The van der Waals surface area contributed by atoms with Gasteiger partial charge < -0.3 is 9.47 Å². The average molecular weight is 356 g/mol. The molecule has 4 nitrogen and oxygen atoms in total. The van der Waals surface area contributed by atoms with Crippen LogP contribution in [-0.2, 0) is 13.0 Å². The van der Waals surface area contributed by atoms with Gasteiger partial charge in [0.05, 0.1) is 5.69 Å². The Morgan fingerprint density at radius 3 is 2.72 bits per heavy atom. The molecule has 1 aromatic heterocycles. The summed E-state index contributed by atoms with van der Waals surface area (Å²) in [6.07, 6.45) is 5.58. The maximum Gasteiger partial charge on any atom is 0.274 e. The lowest BCUT2D eigenvalue weighted by Crippen LogP contribution is -2.33. The largest absolute Gasteiger partial charge is 0.336 e. The summed E-state index contributed by atoms with van der Waals surface area (Å²) in [5.41, 5.74) is 2.96. The molecule has 1 saturated heterocycles. The van der Waals surface area contributed by atoms with E-state index in [1.165, 1.54) is 6.42 Å². The van der Waals surface area contributed by atoms with Crippen LogP contribution < -0.4 is 0 Å². The molecule has 0 N–H and O–H groups in total. The van der Waals surface area contributed by atoms with Crippen LogP contribution in [0.3, 0.4) is 0 Å². The third kappa shape index (κ3) is 3.47. The third-order valence-corrected chi connectivity index (χ3v) is 6.16. The molecule has 4 rings (SSSR count). The summed E-state index contributed by atoms with van der Waals surface area (Å²) < 4.78 is 2.31. The Bertz CT molecular complexity index is 733. The molecule has 0 atom stereocenters. The molecule has 0 aliphatic carbocycles. The number of hydrogen-bond acceptors (Lipinski definition) is 3. The molecule has 2 aliphatic rings. The van der Waals surface area contributed by atoms with E-state index in [1.54, 1.807) is 0 Å². The monoisotopic (exact) mass is 355 g/mol. The Morgan fingerprint density at radius 1 is 0.960 bits per heavy atom. The minimum atomic E-state index is 0.135. The van der Waals surface area contributed by atoms with Crippen LogP contribution in [0.15, 0.2) is 30.3 Å². The number of benzene rings is 1. The van der Waals surface area contributed by atoms with Crippen LogP contribution >= 0.6 is 11.8 Å². The molecular weight excluding hydrogens is 330 g/mol. The van der Waals surface area contributed by atoms with E-state index in [-0.39, 0.29) is 5.91 Å². The van der Waals surface area contributed by atoms with E-state index in [1.807, 2.05) is 34.9 Å². The van der Waals surface area contributed by atoms with Gasteiger partial charge in [-0.3, -0.25) is 4.79 Å². The van der Waals surface area contributed by atoms with Crippen molar-refractivity contribution in [2.75, 3.05) is 24.6 Å². The molecular formula is C20H25N3OS. The van der Waals surface area contributed by atoms with Crippen molar-refractivity contribution in [3.8, 4) is 11.4 Å². The van der Waals surface area contributed by atoms with Gasteiger partial charge in [0.1, 0.15) is 11.5 Å². The summed E-state index contributed by atoms with van der Waals surface area (Å²) in [7, 11) is 0. The highest BCUT2D eigenvalue weighted by molar-refractivity contribution is 7.99. The first-order valence-corrected chi connectivity index (χ1v) is 10.5. The van der Waals surface area contributed by atoms with E-state index in [2.05, 4.69) is 16.7 Å². The number of imidazole rings is 1. The molecule has 0 radical (unpaired) electrons. The maximum atomic E-state index is 13.2. The summed E-state index contributed by atoms with van der Waals surface area (Å²) in [5.74, 6) is 3.29. The van der Waals surface area contributed by atoms with Crippen molar-refractivity contribution in [1.29, 1.82) is 0 Å². The average Bonchev–Trinajstić information content (AvgIpc) is 2.87. The molecule has 2 aromatic rings. The molecule has 1 aromatic carbocycles. The fourth-order valence-corrected chi connectivity index (χ4v) is 4.68. The Balaban J connectivity index is 1.74. The van der Waals surface area contributed by atoms with Gasteiger partial charge in [0.2, 0.25) is 0 Å². The standard InChI is InChI=1S/C20H25N3OS/c24-20(22-11-7-14-25-15-13-22)18-17-10-5-2-6-12-23(17)19(21-18)16-8-3-1-4-9-16/h1,3-4,8-9H,2,5-7,10-15H2. The molecule has 0 spiro atoms. The van der Waals surface area contributed by atoms with Crippen molar-refractivity contribution in [1.82, 2.24) is 14.5 Å². The van der Waals surface area contributed by atoms with Crippen molar-refractivity contribution in [3.05, 3.63) is 41.7 Å². The van der Waals surface area contributed by atoms with Crippen LogP contribution in [0.1, 0.15) is 41.9 Å². The summed E-state index contributed by atoms with van der Waals surface area (Å²) in [6.45, 7) is 2.67. The lowest BCUT2D eigenvalue weighted by Gasteiger charge is -2.19. The highest BCUT2D eigenvalue weighted by Crippen LogP contribution is 2.28. The first kappa shape index (κ1) is 16.7. The molecule has 0 saturated carbocycles. The van der Waals surface area contributed by atoms with Gasteiger partial charge in [-0.25, -0.2) is 4.98 Å². The van der Waals surface area contributed by atoms with E-state index in [9.17, 15) is 4.79 Å². The zero-order valence-electron chi connectivity index (χ0n) is 14.6. The number of carbonyl (C=O) groups excluding carboxylic acids is 1.